The van der Waals surface area contributed by atoms with Gasteiger partial charge in [-0.25, -0.2) is 0 Å². The summed E-state index contributed by atoms with van der Waals surface area (Å²) in [6.07, 6.45) is 0.504. The summed E-state index contributed by atoms with van der Waals surface area (Å²) in [7, 11) is 0. The third-order valence-electron chi connectivity index (χ3n) is 3.48. The van der Waals surface area contributed by atoms with E-state index >= 15 is 0 Å². The van der Waals surface area contributed by atoms with Crippen LogP contribution in [0.1, 0.15) is 43.1 Å². The number of hydrogen-bond acceptors (Lipinski definition) is 3. The number of hydrogen-bond donors (Lipinski definition) is 2. The number of aliphatic hydroxyl groups is 1. The lowest BCUT2D eigenvalue weighted by molar-refractivity contribution is 0.125. The molecule has 1 rings (SSSR count). The first-order chi connectivity index (χ1) is 9.06. The first-order valence-corrected chi connectivity index (χ1v) is 7.12. The molecule has 0 amide bonds. The summed E-state index contributed by atoms with van der Waals surface area (Å²) in [4.78, 5) is 0. The Morgan fingerprint density at radius 2 is 2.00 bits per heavy atom. The molecule has 19 heavy (non-hydrogen) atoms. The van der Waals surface area contributed by atoms with Crippen molar-refractivity contribution < 1.29 is 9.84 Å². The lowest BCUT2D eigenvalue weighted by Gasteiger charge is -2.21. The van der Waals surface area contributed by atoms with Gasteiger partial charge in [0.1, 0.15) is 0 Å². The normalized spacial score (nSPS) is 14.4. The molecule has 0 radical (unpaired) electrons. The molecule has 108 valence electrons. The summed E-state index contributed by atoms with van der Waals surface area (Å²) in [6, 6.07) is 6.18. The molecule has 0 aliphatic heterocycles. The molecule has 2 atom stereocenters. The van der Waals surface area contributed by atoms with Crippen molar-refractivity contribution in [2.24, 2.45) is 0 Å². The van der Waals surface area contributed by atoms with Gasteiger partial charge in [-0.05, 0) is 57.4 Å². The predicted octanol–water partition coefficient (Wildman–Crippen LogP) is 2.74. The molecule has 2 unspecified atom stereocenters. The minimum atomic E-state index is -0.466. The van der Waals surface area contributed by atoms with Crippen LogP contribution in [-0.2, 0) is 4.74 Å². The SMILES string of the molecule is CCOCCCNC(C)C(O)c1ccc(C)c(C)c1. The van der Waals surface area contributed by atoms with Crippen LogP contribution in [0.5, 0.6) is 0 Å². The summed E-state index contributed by atoms with van der Waals surface area (Å²) in [6.45, 7) is 10.6. The molecular formula is C16H27NO2. The van der Waals surface area contributed by atoms with Crippen LogP contribution in [0.3, 0.4) is 0 Å². The highest BCUT2D eigenvalue weighted by molar-refractivity contribution is 5.31. The maximum absolute atomic E-state index is 10.3. The molecule has 0 saturated heterocycles. The Morgan fingerprint density at radius 3 is 2.63 bits per heavy atom. The minimum Gasteiger partial charge on any atom is -0.387 e. The van der Waals surface area contributed by atoms with Crippen molar-refractivity contribution in [3.8, 4) is 0 Å². The van der Waals surface area contributed by atoms with Crippen molar-refractivity contribution in [3.05, 3.63) is 34.9 Å². The number of ether oxygens (including phenoxy) is 1. The number of rotatable bonds is 8. The van der Waals surface area contributed by atoms with Crippen molar-refractivity contribution >= 4 is 0 Å². The number of aliphatic hydroxyl groups excluding tert-OH is 1. The van der Waals surface area contributed by atoms with E-state index in [1.165, 1.54) is 11.1 Å². The minimum absolute atomic E-state index is 0.0451. The van der Waals surface area contributed by atoms with Crippen LogP contribution in [0, 0.1) is 13.8 Å². The van der Waals surface area contributed by atoms with Gasteiger partial charge in [-0.1, -0.05) is 18.2 Å². The van der Waals surface area contributed by atoms with E-state index in [0.717, 1.165) is 31.7 Å². The lowest BCUT2D eigenvalue weighted by Crippen LogP contribution is -2.33. The van der Waals surface area contributed by atoms with E-state index in [2.05, 4.69) is 31.3 Å². The van der Waals surface area contributed by atoms with Crippen LogP contribution >= 0.6 is 0 Å². The highest BCUT2D eigenvalue weighted by atomic mass is 16.5. The fourth-order valence-corrected chi connectivity index (χ4v) is 2.00. The number of benzene rings is 1. The number of nitrogens with one attached hydrogen (secondary N) is 1. The van der Waals surface area contributed by atoms with Gasteiger partial charge in [0.25, 0.3) is 0 Å². The van der Waals surface area contributed by atoms with Gasteiger partial charge >= 0.3 is 0 Å². The van der Waals surface area contributed by atoms with Crippen molar-refractivity contribution in [1.29, 1.82) is 0 Å². The molecular weight excluding hydrogens is 238 g/mol. The third kappa shape index (κ3) is 5.31. The second kappa shape index (κ2) is 8.31. The van der Waals surface area contributed by atoms with Gasteiger partial charge in [-0.15, -0.1) is 0 Å². The first kappa shape index (κ1) is 16.2. The second-order valence-corrected chi connectivity index (χ2v) is 5.08. The highest BCUT2D eigenvalue weighted by Gasteiger charge is 2.15. The largest absolute Gasteiger partial charge is 0.387 e. The lowest BCUT2D eigenvalue weighted by atomic mass is 9.99. The molecule has 0 spiro atoms. The standard InChI is InChI=1S/C16H27NO2/c1-5-19-10-6-9-17-14(4)16(18)15-8-7-12(2)13(3)11-15/h7-8,11,14,16-18H,5-6,9-10H2,1-4H3. The van der Waals surface area contributed by atoms with Gasteiger partial charge in [0.15, 0.2) is 0 Å². The Balaban J connectivity index is 2.42. The summed E-state index contributed by atoms with van der Waals surface area (Å²) in [5.74, 6) is 0. The van der Waals surface area contributed by atoms with Gasteiger partial charge in [0.05, 0.1) is 6.10 Å². The monoisotopic (exact) mass is 265 g/mol. The van der Waals surface area contributed by atoms with Gasteiger partial charge in [-0.3, -0.25) is 0 Å². The topological polar surface area (TPSA) is 41.5 Å². The summed E-state index contributed by atoms with van der Waals surface area (Å²) in [5, 5.41) is 13.7. The van der Waals surface area contributed by atoms with Crippen LogP contribution in [0.15, 0.2) is 18.2 Å². The zero-order valence-electron chi connectivity index (χ0n) is 12.6. The maximum Gasteiger partial charge on any atom is 0.0940 e. The fourth-order valence-electron chi connectivity index (χ4n) is 2.00. The summed E-state index contributed by atoms with van der Waals surface area (Å²) < 4.78 is 5.29. The molecule has 2 N–H and O–H groups in total. The van der Waals surface area contributed by atoms with Crippen molar-refractivity contribution in [1.82, 2.24) is 5.32 Å². The maximum atomic E-state index is 10.3. The highest BCUT2D eigenvalue weighted by Crippen LogP contribution is 2.19. The Labute approximate surface area is 117 Å². The fraction of sp³-hybridized carbons (Fsp3) is 0.625. The van der Waals surface area contributed by atoms with Crippen molar-refractivity contribution in [2.45, 2.75) is 46.3 Å². The second-order valence-electron chi connectivity index (χ2n) is 5.08. The summed E-state index contributed by atoms with van der Waals surface area (Å²) >= 11 is 0. The van der Waals surface area contributed by atoms with E-state index in [1.54, 1.807) is 0 Å². The van der Waals surface area contributed by atoms with Gasteiger partial charge in [0.2, 0.25) is 0 Å². The van der Waals surface area contributed by atoms with Crippen LogP contribution in [0.4, 0.5) is 0 Å². The van der Waals surface area contributed by atoms with Crippen molar-refractivity contribution in [3.63, 3.8) is 0 Å². The third-order valence-corrected chi connectivity index (χ3v) is 3.48. The molecule has 0 aliphatic rings. The van der Waals surface area contributed by atoms with E-state index in [-0.39, 0.29) is 6.04 Å². The molecule has 0 aliphatic carbocycles. The van der Waals surface area contributed by atoms with Gasteiger partial charge in [-0.2, -0.15) is 0 Å². The Morgan fingerprint density at radius 1 is 1.26 bits per heavy atom. The van der Waals surface area contributed by atoms with Crippen LogP contribution in [0.2, 0.25) is 0 Å². The summed E-state index contributed by atoms with van der Waals surface area (Å²) in [5.41, 5.74) is 3.46. The Bertz CT molecular complexity index is 379. The Kier molecular flexibility index (Phi) is 7.06. The molecule has 3 heteroatoms. The zero-order valence-corrected chi connectivity index (χ0v) is 12.6. The smallest absolute Gasteiger partial charge is 0.0940 e. The van der Waals surface area contributed by atoms with E-state index < -0.39 is 6.10 Å². The predicted molar refractivity (Wildman–Crippen MR) is 79.5 cm³/mol. The van der Waals surface area contributed by atoms with Crippen molar-refractivity contribution in [2.75, 3.05) is 19.8 Å². The van der Waals surface area contributed by atoms with Crippen LogP contribution < -0.4 is 5.32 Å². The van der Waals surface area contributed by atoms with E-state index in [0.29, 0.717) is 0 Å². The first-order valence-electron chi connectivity index (χ1n) is 7.12. The molecule has 1 aromatic carbocycles. The number of aryl methyl sites for hydroxylation is 2. The van der Waals surface area contributed by atoms with Gasteiger partial charge in [0, 0.05) is 19.3 Å². The molecule has 0 heterocycles. The molecule has 0 aromatic heterocycles. The van der Waals surface area contributed by atoms with E-state index in [9.17, 15) is 5.11 Å². The quantitative estimate of drug-likeness (QED) is 0.710. The molecule has 0 saturated carbocycles. The zero-order chi connectivity index (χ0) is 14.3. The molecule has 1 aromatic rings. The van der Waals surface area contributed by atoms with E-state index in [4.69, 9.17) is 4.74 Å². The average Bonchev–Trinajstić information content (AvgIpc) is 2.40. The van der Waals surface area contributed by atoms with E-state index in [1.807, 2.05) is 19.9 Å². The molecule has 0 fully saturated rings. The van der Waals surface area contributed by atoms with Crippen LogP contribution in [0.25, 0.3) is 0 Å². The molecule has 3 nitrogen and oxygen atoms in total. The van der Waals surface area contributed by atoms with Crippen LogP contribution in [-0.4, -0.2) is 30.9 Å². The average molecular weight is 265 g/mol. The molecule has 0 bridgehead atoms. The Hall–Kier alpha value is -0.900. The van der Waals surface area contributed by atoms with Gasteiger partial charge < -0.3 is 15.2 Å².